The molecule has 0 aromatic heterocycles. The molecule has 0 radical (unpaired) electrons. The van der Waals surface area contributed by atoms with E-state index in [0.717, 1.165) is 5.56 Å². The maximum atomic E-state index is 11.6. The minimum atomic E-state index is -2.13. The number of benzene rings is 1. The maximum absolute atomic E-state index is 11.6. The van der Waals surface area contributed by atoms with Crippen LogP contribution in [0.25, 0.3) is 0 Å². The minimum Gasteiger partial charge on any atom is -0.544 e. The SMILES string of the molecule is O=C1CC[C@](NC(=O)OCc2ccccc2)(C(=O)[O-])O1. The van der Waals surface area contributed by atoms with E-state index < -0.39 is 23.8 Å². The van der Waals surface area contributed by atoms with Gasteiger partial charge in [-0.1, -0.05) is 30.3 Å². The summed E-state index contributed by atoms with van der Waals surface area (Å²) in [6, 6.07) is 8.86. The van der Waals surface area contributed by atoms with E-state index in [0.29, 0.717) is 0 Å². The zero-order valence-corrected chi connectivity index (χ0v) is 10.5. The Morgan fingerprint density at radius 3 is 2.60 bits per heavy atom. The van der Waals surface area contributed by atoms with Gasteiger partial charge in [-0.15, -0.1) is 0 Å². The smallest absolute Gasteiger partial charge is 0.410 e. The van der Waals surface area contributed by atoms with Crippen molar-refractivity contribution in [3.8, 4) is 0 Å². The van der Waals surface area contributed by atoms with Crippen molar-refractivity contribution in [1.29, 1.82) is 0 Å². The molecule has 1 N–H and O–H groups in total. The van der Waals surface area contributed by atoms with Gasteiger partial charge in [-0.05, 0) is 5.56 Å². The number of rotatable bonds is 4. The average molecular weight is 278 g/mol. The molecule has 1 aromatic carbocycles. The summed E-state index contributed by atoms with van der Waals surface area (Å²) in [6.45, 7) is -0.0241. The number of nitrogens with one attached hydrogen (secondary N) is 1. The predicted molar refractivity (Wildman–Crippen MR) is 62.8 cm³/mol. The molecule has 20 heavy (non-hydrogen) atoms. The first kappa shape index (κ1) is 13.9. The van der Waals surface area contributed by atoms with Crippen LogP contribution in [-0.2, 0) is 25.7 Å². The molecule has 0 bridgehead atoms. The van der Waals surface area contributed by atoms with Crippen molar-refractivity contribution in [3.05, 3.63) is 35.9 Å². The van der Waals surface area contributed by atoms with E-state index in [1.165, 1.54) is 0 Å². The lowest BCUT2D eigenvalue weighted by Gasteiger charge is -2.28. The number of esters is 1. The molecular formula is C13H12NO6-. The van der Waals surface area contributed by atoms with E-state index >= 15 is 0 Å². The molecule has 1 aliphatic heterocycles. The van der Waals surface area contributed by atoms with Crippen LogP contribution in [0, 0.1) is 0 Å². The van der Waals surface area contributed by atoms with Crippen LogP contribution in [0.5, 0.6) is 0 Å². The van der Waals surface area contributed by atoms with Gasteiger partial charge in [0, 0.05) is 6.42 Å². The fraction of sp³-hybridized carbons (Fsp3) is 0.308. The monoisotopic (exact) mass is 278 g/mol. The van der Waals surface area contributed by atoms with Gasteiger partial charge in [0.2, 0.25) is 5.72 Å². The Labute approximate surface area is 114 Å². The normalized spacial score (nSPS) is 21.1. The van der Waals surface area contributed by atoms with E-state index in [9.17, 15) is 19.5 Å². The van der Waals surface area contributed by atoms with Gasteiger partial charge >= 0.3 is 12.1 Å². The highest BCUT2D eigenvalue weighted by Crippen LogP contribution is 2.23. The molecule has 0 unspecified atom stereocenters. The first-order valence-electron chi connectivity index (χ1n) is 5.94. The van der Waals surface area contributed by atoms with Crippen LogP contribution in [0.1, 0.15) is 18.4 Å². The van der Waals surface area contributed by atoms with E-state index in [1.807, 2.05) is 11.4 Å². The van der Waals surface area contributed by atoms with E-state index in [1.54, 1.807) is 24.3 Å². The van der Waals surface area contributed by atoms with Crippen LogP contribution < -0.4 is 10.4 Å². The lowest BCUT2D eigenvalue weighted by atomic mass is 10.1. The summed E-state index contributed by atoms with van der Waals surface area (Å²) < 4.78 is 9.49. The summed E-state index contributed by atoms with van der Waals surface area (Å²) in [4.78, 5) is 33.6. The third-order valence-electron chi connectivity index (χ3n) is 2.82. The highest BCUT2D eigenvalue weighted by atomic mass is 16.6. The standard InChI is InChI=1S/C13H13NO6/c15-10-6-7-13(20-10,11(16)17)14-12(18)19-8-9-4-2-1-3-5-9/h1-5H,6-8H2,(H,14,18)(H,16,17)/p-1/t13-/m1/s1. The van der Waals surface area contributed by atoms with Crippen molar-refractivity contribution in [2.24, 2.45) is 0 Å². The second kappa shape index (κ2) is 5.60. The molecule has 7 nitrogen and oxygen atoms in total. The van der Waals surface area contributed by atoms with Gasteiger partial charge in [0.05, 0.1) is 6.42 Å². The zero-order chi connectivity index (χ0) is 14.6. The van der Waals surface area contributed by atoms with E-state index in [2.05, 4.69) is 4.74 Å². The number of carboxylic acid groups (broad SMARTS) is 1. The Morgan fingerprint density at radius 1 is 1.35 bits per heavy atom. The largest absolute Gasteiger partial charge is 0.544 e. The molecule has 1 amide bonds. The molecule has 1 saturated heterocycles. The lowest BCUT2D eigenvalue weighted by Crippen LogP contribution is -2.60. The molecule has 0 spiro atoms. The number of ether oxygens (including phenoxy) is 2. The molecule has 1 aliphatic rings. The molecule has 7 heteroatoms. The number of carbonyl (C=O) groups is 3. The Balaban J connectivity index is 1.93. The van der Waals surface area contributed by atoms with E-state index in [4.69, 9.17) is 4.74 Å². The molecule has 1 fully saturated rings. The molecular weight excluding hydrogens is 266 g/mol. The van der Waals surface area contributed by atoms with Gasteiger partial charge in [-0.2, -0.15) is 0 Å². The van der Waals surface area contributed by atoms with Crippen molar-refractivity contribution in [3.63, 3.8) is 0 Å². The first-order chi connectivity index (χ1) is 9.52. The summed E-state index contributed by atoms with van der Waals surface area (Å²) in [5.41, 5.74) is -1.39. The van der Waals surface area contributed by atoms with Crippen LogP contribution in [0.2, 0.25) is 0 Å². The summed E-state index contributed by atoms with van der Waals surface area (Å²) >= 11 is 0. The number of hydrogen-bond acceptors (Lipinski definition) is 6. The summed E-state index contributed by atoms with van der Waals surface area (Å²) in [6.07, 6.45) is -1.28. The van der Waals surface area contributed by atoms with Crippen LogP contribution in [-0.4, -0.2) is 23.8 Å². The highest BCUT2D eigenvalue weighted by Gasteiger charge is 2.44. The van der Waals surface area contributed by atoms with Gasteiger partial charge in [-0.25, -0.2) is 4.79 Å². The predicted octanol–water partition coefficient (Wildman–Crippen LogP) is -0.304. The number of hydrogen-bond donors (Lipinski definition) is 1. The van der Waals surface area contributed by atoms with Crippen LogP contribution in [0.4, 0.5) is 4.79 Å². The lowest BCUT2D eigenvalue weighted by molar-refractivity contribution is -0.325. The number of carboxylic acids is 1. The van der Waals surface area contributed by atoms with Crippen molar-refractivity contribution in [1.82, 2.24) is 5.32 Å². The van der Waals surface area contributed by atoms with Gasteiger partial charge in [0.1, 0.15) is 12.6 Å². The zero-order valence-electron chi connectivity index (χ0n) is 10.5. The van der Waals surface area contributed by atoms with Crippen molar-refractivity contribution >= 4 is 18.0 Å². The van der Waals surface area contributed by atoms with Crippen molar-refractivity contribution < 1.29 is 29.0 Å². The number of amides is 1. The molecule has 0 saturated carbocycles. The van der Waals surface area contributed by atoms with Crippen LogP contribution in [0.3, 0.4) is 0 Å². The van der Waals surface area contributed by atoms with Crippen LogP contribution >= 0.6 is 0 Å². The third-order valence-corrected chi connectivity index (χ3v) is 2.82. The van der Waals surface area contributed by atoms with Crippen molar-refractivity contribution in [2.75, 3.05) is 0 Å². The molecule has 1 aromatic rings. The van der Waals surface area contributed by atoms with Gasteiger partial charge in [0.25, 0.3) is 0 Å². The summed E-state index contributed by atoms with van der Waals surface area (Å²) in [5, 5.41) is 13.0. The summed E-state index contributed by atoms with van der Waals surface area (Å²) in [7, 11) is 0. The Morgan fingerprint density at radius 2 is 2.05 bits per heavy atom. The van der Waals surface area contributed by atoms with Gasteiger partial charge in [-0.3, -0.25) is 10.1 Å². The Bertz CT molecular complexity index is 529. The van der Waals surface area contributed by atoms with Gasteiger partial charge < -0.3 is 19.4 Å². The number of alkyl carbamates (subject to hydrolysis) is 1. The maximum Gasteiger partial charge on any atom is 0.410 e. The average Bonchev–Trinajstić information content (AvgIpc) is 2.80. The fourth-order valence-electron chi connectivity index (χ4n) is 1.78. The second-order valence-corrected chi connectivity index (χ2v) is 4.28. The van der Waals surface area contributed by atoms with Gasteiger partial charge in [0.15, 0.2) is 0 Å². The van der Waals surface area contributed by atoms with Crippen molar-refractivity contribution in [2.45, 2.75) is 25.2 Å². The molecule has 2 rings (SSSR count). The Hall–Kier alpha value is -2.57. The second-order valence-electron chi connectivity index (χ2n) is 4.28. The number of cyclic esters (lactones) is 1. The number of carbonyl (C=O) groups excluding carboxylic acids is 3. The highest BCUT2D eigenvalue weighted by molar-refractivity contribution is 5.87. The minimum absolute atomic E-state index is 0.0241. The quantitative estimate of drug-likeness (QED) is 0.758. The Kier molecular flexibility index (Phi) is 3.88. The fourth-order valence-corrected chi connectivity index (χ4v) is 1.78. The first-order valence-corrected chi connectivity index (χ1v) is 5.94. The topological polar surface area (TPSA) is 105 Å². The molecule has 106 valence electrons. The summed E-state index contributed by atoms with van der Waals surface area (Å²) in [5.74, 6) is -2.39. The van der Waals surface area contributed by atoms with Crippen LogP contribution in [0.15, 0.2) is 30.3 Å². The molecule has 0 aliphatic carbocycles. The molecule has 1 heterocycles. The molecule has 1 atom stereocenters. The van der Waals surface area contributed by atoms with E-state index in [-0.39, 0.29) is 19.4 Å². The number of aliphatic carboxylic acids is 1. The third kappa shape index (κ3) is 3.05.